The van der Waals surface area contributed by atoms with E-state index in [2.05, 4.69) is 4.98 Å². The molecule has 86 valence electrons. The quantitative estimate of drug-likeness (QED) is 0.669. The van der Waals surface area contributed by atoms with Crippen molar-refractivity contribution in [1.82, 2.24) is 4.98 Å². The zero-order valence-electron chi connectivity index (χ0n) is 9.06. The predicted molar refractivity (Wildman–Crippen MR) is 68.1 cm³/mol. The van der Waals surface area contributed by atoms with Crippen molar-refractivity contribution in [3.05, 3.63) is 58.9 Å². The van der Waals surface area contributed by atoms with Gasteiger partial charge in [0.1, 0.15) is 0 Å². The topological polar surface area (TPSA) is 56.0 Å². The van der Waals surface area contributed by atoms with Gasteiger partial charge in [0.15, 0.2) is 5.78 Å². The summed E-state index contributed by atoms with van der Waals surface area (Å²) in [4.78, 5) is 16.0. The van der Waals surface area contributed by atoms with Gasteiger partial charge in [0, 0.05) is 35.1 Å². The lowest BCUT2D eigenvalue weighted by atomic mass is 10.0. The van der Waals surface area contributed by atoms with Gasteiger partial charge in [-0.3, -0.25) is 9.78 Å². The number of Topliss-reactive ketones (excluding diaryl/α,β-unsaturated/α-hetero) is 1. The highest BCUT2D eigenvalue weighted by atomic mass is 35.5. The fraction of sp³-hybridized carbons (Fsp3) is 0.0769. The maximum Gasteiger partial charge on any atom is 0.169 e. The predicted octanol–water partition coefficient (Wildman–Crippen LogP) is 2.74. The third-order valence-electron chi connectivity index (χ3n) is 2.46. The molecule has 0 unspecified atom stereocenters. The number of hydrogen-bond acceptors (Lipinski definition) is 3. The SMILES string of the molecule is Nc1ccccc1C(=O)Cc1cnccc1Cl. The van der Waals surface area contributed by atoms with Crippen LogP contribution in [-0.2, 0) is 6.42 Å². The fourth-order valence-electron chi connectivity index (χ4n) is 1.56. The van der Waals surface area contributed by atoms with Gasteiger partial charge in [-0.15, -0.1) is 0 Å². The first-order chi connectivity index (χ1) is 8.18. The molecule has 2 aromatic rings. The Morgan fingerprint density at radius 3 is 2.76 bits per heavy atom. The van der Waals surface area contributed by atoms with Gasteiger partial charge in [0.25, 0.3) is 0 Å². The lowest BCUT2D eigenvalue weighted by Gasteiger charge is -2.05. The maximum atomic E-state index is 12.0. The van der Waals surface area contributed by atoms with Gasteiger partial charge in [0.05, 0.1) is 0 Å². The largest absolute Gasteiger partial charge is 0.398 e. The minimum Gasteiger partial charge on any atom is -0.398 e. The highest BCUT2D eigenvalue weighted by Crippen LogP contribution is 2.18. The number of halogens is 1. The fourth-order valence-corrected chi connectivity index (χ4v) is 1.73. The number of hydrogen-bond donors (Lipinski definition) is 1. The van der Waals surface area contributed by atoms with Crippen LogP contribution in [0.2, 0.25) is 5.02 Å². The van der Waals surface area contributed by atoms with Gasteiger partial charge >= 0.3 is 0 Å². The lowest BCUT2D eigenvalue weighted by Crippen LogP contribution is -2.07. The van der Waals surface area contributed by atoms with E-state index < -0.39 is 0 Å². The van der Waals surface area contributed by atoms with Gasteiger partial charge in [-0.2, -0.15) is 0 Å². The van der Waals surface area contributed by atoms with Crippen molar-refractivity contribution in [1.29, 1.82) is 0 Å². The van der Waals surface area contributed by atoms with E-state index in [9.17, 15) is 4.79 Å². The molecule has 1 aromatic heterocycles. The second kappa shape index (κ2) is 4.97. The summed E-state index contributed by atoms with van der Waals surface area (Å²) in [5, 5.41) is 0.544. The Labute approximate surface area is 104 Å². The van der Waals surface area contributed by atoms with E-state index >= 15 is 0 Å². The number of carbonyl (C=O) groups excluding carboxylic acids is 1. The van der Waals surface area contributed by atoms with Crippen molar-refractivity contribution >= 4 is 23.1 Å². The average molecular weight is 247 g/mol. The van der Waals surface area contributed by atoms with Crippen LogP contribution in [0.1, 0.15) is 15.9 Å². The second-order valence-electron chi connectivity index (χ2n) is 3.65. The molecule has 3 nitrogen and oxygen atoms in total. The van der Waals surface area contributed by atoms with Crippen LogP contribution in [0.15, 0.2) is 42.7 Å². The molecular weight excluding hydrogens is 236 g/mol. The lowest BCUT2D eigenvalue weighted by molar-refractivity contribution is 0.0993. The minimum absolute atomic E-state index is 0.0574. The third-order valence-corrected chi connectivity index (χ3v) is 2.82. The standard InChI is InChI=1S/C13H11ClN2O/c14-11-5-6-16-8-9(11)7-13(17)10-3-1-2-4-12(10)15/h1-6,8H,7,15H2. The molecule has 1 heterocycles. The minimum atomic E-state index is -0.0574. The average Bonchev–Trinajstić information content (AvgIpc) is 2.32. The molecule has 0 saturated heterocycles. The molecule has 0 amide bonds. The van der Waals surface area contributed by atoms with Crippen molar-refractivity contribution in [3.8, 4) is 0 Å². The molecule has 0 atom stereocenters. The van der Waals surface area contributed by atoms with Gasteiger partial charge in [-0.1, -0.05) is 23.7 Å². The van der Waals surface area contributed by atoms with Crippen LogP contribution in [0.5, 0.6) is 0 Å². The molecule has 0 aliphatic rings. The summed E-state index contributed by atoms with van der Waals surface area (Å²) in [7, 11) is 0. The molecule has 0 aliphatic heterocycles. The Hall–Kier alpha value is -1.87. The first-order valence-electron chi connectivity index (χ1n) is 5.14. The number of ketones is 1. The van der Waals surface area contributed by atoms with E-state index in [1.807, 2.05) is 0 Å². The molecule has 17 heavy (non-hydrogen) atoms. The first-order valence-corrected chi connectivity index (χ1v) is 5.52. The number of pyridine rings is 1. The summed E-state index contributed by atoms with van der Waals surface area (Å²) in [6, 6.07) is 8.66. The van der Waals surface area contributed by atoms with E-state index in [0.717, 1.165) is 0 Å². The number of rotatable bonds is 3. The van der Waals surface area contributed by atoms with Gasteiger partial charge in [-0.25, -0.2) is 0 Å². The molecule has 2 rings (SSSR count). The normalized spacial score (nSPS) is 10.2. The molecule has 0 aliphatic carbocycles. The van der Waals surface area contributed by atoms with E-state index in [-0.39, 0.29) is 12.2 Å². The number of nitrogen functional groups attached to an aromatic ring is 1. The van der Waals surface area contributed by atoms with Gasteiger partial charge in [0.2, 0.25) is 0 Å². The summed E-state index contributed by atoms with van der Waals surface area (Å²) in [5.41, 5.74) is 7.46. The number of nitrogens with zero attached hydrogens (tertiary/aromatic N) is 1. The van der Waals surface area contributed by atoms with Crippen molar-refractivity contribution in [2.75, 3.05) is 5.73 Å². The molecule has 0 spiro atoms. The molecular formula is C13H11ClN2O. The maximum absolute atomic E-state index is 12.0. The molecule has 0 bridgehead atoms. The van der Waals surface area contributed by atoms with Crippen LogP contribution in [-0.4, -0.2) is 10.8 Å². The molecule has 0 saturated carbocycles. The molecule has 2 N–H and O–H groups in total. The van der Waals surface area contributed by atoms with Crippen molar-refractivity contribution in [2.45, 2.75) is 6.42 Å². The first kappa shape index (κ1) is 11.6. The zero-order valence-corrected chi connectivity index (χ0v) is 9.82. The summed E-state index contributed by atoms with van der Waals surface area (Å²) < 4.78 is 0. The second-order valence-corrected chi connectivity index (χ2v) is 4.06. The van der Waals surface area contributed by atoms with Crippen LogP contribution in [0.4, 0.5) is 5.69 Å². The molecule has 0 radical (unpaired) electrons. The number of nitrogens with two attached hydrogens (primary N) is 1. The monoisotopic (exact) mass is 246 g/mol. The number of carbonyl (C=O) groups is 1. The summed E-state index contributed by atoms with van der Waals surface area (Å²) in [6.07, 6.45) is 3.40. The van der Waals surface area contributed by atoms with Crippen molar-refractivity contribution < 1.29 is 4.79 Å². The Morgan fingerprint density at radius 2 is 2.06 bits per heavy atom. The number of anilines is 1. The van der Waals surface area contributed by atoms with E-state index in [1.165, 1.54) is 0 Å². The van der Waals surface area contributed by atoms with Crippen LogP contribution >= 0.6 is 11.6 Å². The molecule has 4 heteroatoms. The smallest absolute Gasteiger partial charge is 0.169 e. The Balaban J connectivity index is 2.24. The van der Waals surface area contributed by atoms with Crippen LogP contribution in [0.3, 0.4) is 0 Å². The Bertz CT molecular complexity index is 555. The van der Waals surface area contributed by atoms with Crippen molar-refractivity contribution in [2.24, 2.45) is 0 Å². The molecule has 0 fully saturated rings. The Morgan fingerprint density at radius 1 is 1.29 bits per heavy atom. The highest BCUT2D eigenvalue weighted by molar-refractivity contribution is 6.31. The van der Waals surface area contributed by atoms with Crippen LogP contribution < -0.4 is 5.73 Å². The van der Waals surface area contributed by atoms with E-state index in [1.54, 1.807) is 42.7 Å². The highest BCUT2D eigenvalue weighted by Gasteiger charge is 2.11. The van der Waals surface area contributed by atoms with E-state index in [0.29, 0.717) is 21.8 Å². The summed E-state index contributed by atoms with van der Waals surface area (Å²) in [6.45, 7) is 0. The zero-order chi connectivity index (χ0) is 12.3. The van der Waals surface area contributed by atoms with E-state index in [4.69, 9.17) is 17.3 Å². The summed E-state index contributed by atoms with van der Waals surface area (Å²) >= 11 is 5.97. The molecule has 1 aromatic carbocycles. The van der Waals surface area contributed by atoms with Gasteiger partial charge < -0.3 is 5.73 Å². The number of aromatic nitrogens is 1. The van der Waals surface area contributed by atoms with Crippen LogP contribution in [0, 0.1) is 0 Å². The third kappa shape index (κ3) is 2.63. The number of para-hydroxylation sites is 1. The summed E-state index contributed by atoms with van der Waals surface area (Å²) in [5.74, 6) is -0.0574. The number of benzene rings is 1. The van der Waals surface area contributed by atoms with Gasteiger partial charge in [-0.05, 0) is 23.8 Å². The van der Waals surface area contributed by atoms with Crippen LogP contribution in [0.25, 0.3) is 0 Å². The Kier molecular flexibility index (Phi) is 3.40. The van der Waals surface area contributed by atoms with Crippen molar-refractivity contribution in [3.63, 3.8) is 0 Å².